The van der Waals surface area contributed by atoms with Gasteiger partial charge in [-0.25, -0.2) is 0 Å². The molecule has 4 heteroatoms. The molecule has 1 unspecified atom stereocenters. The first kappa shape index (κ1) is 12.9. The van der Waals surface area contributed by atoms with Gasteiger partial charge in [0.1, 0.15) is 5.56 Å². The van der Waals surface area contributed by atoms with Gasteiger partial charge < -0.3 is 9.88 Å². The highest BCUT2D eigenvalue weighted by atomic mass is 16.2. The van der Waals surface area contributed by atoms with Crippen molar-refractivity contribution >= 4 is 16.8 Å². The molecule has 0 radical (unpaired) electrons. The standard InChI is InChI=1S/C16H18N2O2/c1-4-9(2)13-14-12(16(20)17-13)15(19)10-7-5-6-8-11(10)18(14)3/h5-9,13H,4H2,1-3H3,(H,17,20)/t9-,13?/m0/s1. The summed E-state index contributed by atoms with van der Waals surface area (Å²) in [4.78, 5) is 24.8. The molecule has 20 heavy (non-hydrogen) atoms. The van der Waals surface area contributed by atoms with Crippen LogP contribution in [0, 0.1) is 5.92 Å². The zero-order chi connectivity index (χ0) is 14.4. The fourth-order valence-corrected chi connectivity index (χ4v) is 3.02. The molecule has 1 aliphatic rings. The summed E-state index contributed by atoms with van der Waals surface area (Å²) >= 11 is 0. The van der Waals surface area contributed by atoms with Gasteiger partial charge in [0.05, 0.1) is 17.3 Å². The SMILES string of the molecule is CC[C@H](C)C1NC(=O)c2c1n(C)c1ccccc1c2=O. The van der Waals surface area contributed by atoms with E-state index in [0.29, 0.717) is 16.9 Å². The molecule has 104 valence electrons. The molecule has 1 amide bonds. The van der Waals surface area contributed by atoms with Gasteiger partial charge in [-0.05, 0) is 18.1 Å². The van der Waals surface area contributed by atoms with Crippen molar-refractivity contribution in [2.75, 3.05) is 0 Å². The third-order valence-corrected chi connectivity index (χ3v) is 4.38. The van der Waals surface area contributed by atoms with E-state index in [1.54, 1.807) is 6.07 Å². The van der Waals surface area contributed by atoms with Gasteiger partial charge in [-0.3, -0.25) is 9.59 Å². The van der Waals surface area contributed by atoms with Gasteiger partial charge in [-0.15, -0.1) is 0 Å². The lowest BCUT2D eigenvalue weighted by atomic mass is 9.95. The molecular weight excluding hydrogens is 252 g/mol. The van der Waals surface area contributed by atoms with E-state index in [1.165, 1.54) is 0 Å². The van der Waals surface area contributed by atoms with Gasteiger partial charge in [0.25, 0.3) is 5.91 Å². The molecule has 3 rings (SSSR count). The first-order valence-corrected chi connectivity index (χ1v) is 6.98. The Labute approximate surface area is 117 Å². The summed E-state index contributed by atoms with van der Waals surface area (Å²) in [6, 6.07) is 7.37. The summed E-state index contributed by atoms with van der Waals surface area (Å²) in [5, 5.41) is 3.57. The van der Waals surface area contributed by atoms with Crippen LogP contribution in [0.4, 0.5) is 0 Å². The van der Waals surface area contributed by atoms with Gasteiger partial charge in [-0.2, -0.15) is 0 Å². The summed E-state index contributed by atoms with van der Waals surface area (Å²) in [5.41, 5.74) is 1.86. The maximum atomic E-state index is 12.6. The largest absolute Gasteiger partial charge is 0.345 e. The van der Waals surface area contributed by atoms with Crippen molar-refractivity contribution in [3.63, 3.8) is 0 Å². The third-order valence-electron chi connectivity index (χ3n) is 4.38. The number of aryl methyl sites for hydroxylation is 1. The number of hydrogen-bond acceptors (Lipinski definition) is 2. The zero-order valence-electron chi connectivity index (χ0n) is 11.9. The highest BCUT2D eigenvalue weighted by molar-refractivity contribution is 6.01. The molecule has 0 fully saturated rings. The number of para-hydroxylation sites is 1. The van der Waals surface area contributed by atoms with E-state index in [2.05, 4.69) is 19.2 Å². The number of pyridine rings is 1. The Kier molecular flexibility index (Phi) is 2.89. The van der Waals surface area contributed by atoms with Crippen molar-refractivity contribution in [3.8, 4) is 0 Å². The molecule has 0 saturated heterocycles. The minimum Gasteiger partial charge on any atom is -0.345 e. The predicted octanol–water partition coefficient (Wildman–Crippen LogP) is 2.37. The molecular formula is C16H18N2O2. The number of carbonyl (C=O) groups excluding carboxylic acids is 1. The lowest BCUT2D eigenvalue weighted by Crippen LogP contribution is -2.25. The lowest BCUT2D eigenvalue weighted by Gasteiger charge is -2.21. The fourth-order valence-electron chi connectivity index (χ4n) is 3.02. The molecule has 0 saturated carbocycles. The Bertz CT molecular complexity index is 761. The van der Waals surface area contributed by atoms with Crippen LogP contribution in [-0.4, -0.2) is 10.5 Å². The molecule has 1 aromatic carbocycles. The Morgan fingerprint density at radius 2 is 2.00 bits per heavy atom. The van der Waals surface area contributed by atoms with Gasteiger partial charge in [0.2, 0.25) is 5.43 Å². The first-order valence-electron chi connectivity index (χ1n) is 6.98. The fraction of sp³-hybridized carbons (Fsp3) is 0.375. The summed E-state index contributed by atoms with van der Waals surface area (Å²) in [5.74, 6) is 0.0589. The maximum absolute atomic E-state index is 12.6. The number of benzene rings is 1. The number of carbonyl (C=O) groups is 1. The average molecular weight is 270 g/mol. The van der Waals surface area contributed by atoms with E-state index in [1.807, 2.05) is 29.8 Å². The average Bonchev–Trinajstić information content (AvgIpc) is 2.82. The Morgan fingerprint density at radius 3 is 2.70 bits per heavy atom. The van der Waals surface area contributed by atoms with Crippen molar-refractivity contribution in [2.45, 2.75) is 26.3 Å². The third kappa shape index (κ3) is 1.60. The van der Waals surface area contributed by atoms with E-state index in [9.17, 15) is 9.59 Å². The Hall–Kier alpha value is -2.10. The molecule has 1 N–H and O–H groups in total. The second kappa shape index (κ2) is 4.47. The van der Waals surface area contributed by atoms with Crippen LogP contribution >= 0.6 is 0 Å². The van der Waals surface area contributed by atoms with Gasteiger partial charge in [0, 0.05) is 12.4 Å². The van der Waals surface area contributed by atoms with Crippen LogP contribution in [0.3, 0.4) is 0 Å². The van der Waals surface area contributed by atoms with Crippen LogP contribution < -0.4 is 10.7 Å². The van der Waals surface area contributed by atoms with Gasteiger partial charge in [-0.1, -0.05) is 32.4 Å². The zero-order valence-corrected chi connectivity index (χ0v) is 11.9. The Morgan fingerprint density at radius 1 is 1.30 bits per heavy atom. The summed E-state index contributed by atoms with van der Waals surface area (Å²) < 4.78 is 1.99. The smallest absolute Gasteiger partial charge is 0.257 e. The van der Waals surface area contributed by atoms with Crippen molar-refractivity contribution in [2.24, 2.45) is 13.0 Å². The van der Waals surface area contributed by atoms with Crippen LogP contribution in [0.15, 0.2) is 29.1 Å². The van der Waals surface area contributed by atoms with Crippen LogP contribution in [-0.2, 0) is 7.05 Å². The molecule has 2 atom stereocenters. The molecule has 0 aliphatic carbocycles. The number of amides is 1. The first-order chi connectivity index (χ1) is 9.56. The minimum absolute atomic E-state index is 0.0789. The highest BCUT2D eigenvalue weighted by Crippen LogP contribution is 2.32. The van der Waals surface area contributed by atoms with Crippen molar-refractivity contribution in [1.82, 2.24) is 9.88 Å². The number of hydrogen-bond donors (Lipinski definition) is 1. The second-order valence-corrected chi connectivity index (χ2v) is 5.50. The lowest BCUT2D eigenvalue weighted by molar-refractivity contribution is 0.0946. The number of fused-ring (bicyclic) bond motifs is 2. The maximum Gasteiger partial charge on any atom is 0.257 e. The monoisotopic (exact) mass is 270 g/mol. The second-order valence-electron chi connectivity index (χ2n) is 5.50. The van der Waals surface area contributed by atoms with Crippen LogP contribution in [0.25, 0.3) is 10.9 Å². The van der Waals surface area contributed by atoms with Gasteiger partial charge in [0.15, 0.2) is 0 Å². The van der Waals surface area contributed by atoms with Gasteiger partial charge >= 0.3 is 0 Å². The molecule has 4 nitrogen and oxygen atoms in total. The molecule has 1 aliphatic heterocycles. The number of nitrogens with zero attached hydrogens (tertiary/aromatic N) is 1. The molecule has 2 aromatic rings. The van der Waals surface area contributed by atoms with Crippen molar-refractivity contribution in [3.05, 3.63) is 45.7 Å². The summed E-state index contributed by atoms with van der Waals surface area (Å²) in [6.45, 7) is 4.19. The highest BCUT2D eigenvalue weighted by Gasteiger charge is 2.36. The summed E-state index contributed by atoms with van der Waals surface area (Å²) in [6.07, 6.45) is 0.950. The quantitative estimate of drug-likeness (QED) is 0.910. The van der Waals surface area contributed by atoms with E-state index in [0.717, 1.165) is 17.6 Å². The van der Waals surface area contributed by atoms with Crippen molar-refractivity contribution < 1.29 is 4.79 Å². The molecule has 0 bridgehead atoms. The normalized spacial score (nSPS) is 18.9. The van der Waals surface area contributed by atoms with E-state index in [4.69, 9.17) is 0 Å². The van der Waals surface area contributed by atoms with Crippen LogP contribution in [0.1, 0.15) is 42.4 Å². The van der Waals surface area contributed by atoms with Crippen LogP contribution in [0.2, 0.25) is 0 Å². The van der Waals surface area contributed by atoms with E-state index < -0.39 is 0 Å². The number of rotatable bonds is 2. The van der Waals surface area contributed by atoms with Crippen molar-refractivity contribution in [1.29, 1.82) is 0 Å². The molecule has 1 aromatic heterocycles. The topological polar surface area (TPSA) is 51.1 Å². The Balaban J connectivity index is 2.40. The number of aromatic nitrogens is 1. The van der Waals surface area contributed by atoms with E-state index in [-0.39, 0.29) is 17.4 Å². The predicted molar refractivity (Wildman–Crippen MR) is 78.9 cm³/mol. The van der Waals surface area contributed by atoms with E-state index >= 15 is 0 Å². The van der Waals surface area contributed by atoms with Crippen LogP contribution in [0.5, 0.6) is 0 Å². The minimum atomic E-state index is -0.239. The number of nitrogens with one attached hydrogen (secondary N) is 1. The summed E-state index contributed by atoms with van der Waals surface area (Å²) in [7, 11) is 1.93. The molecule has 2 heterocycles. The molecule has 0 spiro atoms.